The molecule has 0 spiro atoms. The maximum absolute atomic E-state index is 12.3. The van der Waals surface area contributed by atoms with Gasteiger partial charge in [0.25, 0.3) is 5.56 Å². The highest BCUT2D eigenvalue weighted by atomic mass is 79.9. The summed E-state index contributed by atoms with van der Waals surface area (Å²) in [4.78, 5) is 14.8. The van der Waals surface area contributed by atoms with E-state index < -0.39 is 0 Å². The van der Waals surface area contributed by atoms with Crippen molar-refractivity contribution in [2.24, 2.45) is 0 Å². The van der Waals surface area contributed by atoms with Crippen LogP contribution in [0.15, 0.2) is 33.5 Å². The van der Waals surface area contributed by atoms with Crippen LogP contribution in [-0.4, -0.2) is 36.2 Å². The molecular formula is C17H21BrN2O2. The summed E-state index contributed by atoms with van der Waals surface area (Å²) in [5, 5.41) is 1.04. The Kier molecular flexibility index (Phi) is 4.84. The van der Waals surface area contributed by atoms with Gasteiger partial charge in [-0.2, -0.15) is 0 Å². The number of hydrogen-bond acceptors (Lipinski definition) is 3. The van der Waals surface area contributed by atoms with E-state index in [9.17, 15) is 4.79 Å². The first-order valence-electron chi connectivity index (χ1n) is 7.78. The van der Waals surface area contributed by atoms with Gasteiger partial charge in [-0.25, -0.2) is 0 Å². The van der Waals surface area contributed by atoms with Crippen LogP contribution in [0.25, 0.3) is 10.9 Å². The fraction of sp³-hybridized carbons (Fsp3) is 0.471. The summed E-state index contributed by atoms with van der Waals surface area (Å²) in [5.74, 6) is 0.761. The van der Waals surface area contributed by atoms with Crippen molar-refractivity contribution < 1.29 is 4.74 Å². The van der Waals surface area contributed by atoms with Gasteiger partial charge in [-0.3, -0.25) is 4.79 Å². The lowest BCUT2D eigenvalue weighted by Gasteiger charge is -2.26. The zero-order chi connectivity index (χ0) is 15.5. The number of likely N-dealkylation sites (tertiary alicyclic amines) is 1. The predicted molar refractivity (Wildman–Crippen MR) is 92.8 cm³/mol. The van der Waals surface area contributed by atoms with E-state index in [4.69, 9.17) is 4.74 Å². The van der Waals surface area contributed by atoms with Gasteiger partial charge in [0.2, 0.25) is 0 Å². The molecule has 1 fully saturated rings. The molecule has 0 unspecified atom stereocenters. The Morgan fingerprint density at radius 1 is 1.14 bits per heavy atom. The van der Waals surface area contributed by atoms with E-state index in [2.05, 4.69) is 20.8 Å². The van der Waals surface area contributed by atoms with Gasteiger partial charge in [-0.15, -0.1) is 0 Å². The third kappa shape index (κ3) is 3.20. The van der Waals surface area contributed by atoms with Gasteiger partial charge in [0.15, 0.2) is 0 Å². The second kappa shape index (κ2) is 6.84. The van der Waals surface area contributed by atoms with Crippen molar-refractivity contribution in [3.63, 3.8) is 0 Å². The third-order valence-corrected chi connectivity index (χ3v) is 5.01. The molecule has 0 N–H and O–H groups in total. The summed E-state index contributed by atoms with van der Waals surface area (Å²) >= 11 is 3.57. The molecule has 3 rings (SSSR count). The molecule has 1 saturated heterocycles. The Hall–Kier alpha value is -1.33. The number of nitrogens with zero attached hydrogens (tertiary/aromatic N) is 2. The van der Waals surface area contributed by atoms with E-state index in [1.54, 1.807) is 13.2 Å². The van der Waals surface area contributed by atoms with E-state index in [1.165, 1.54) is 19.3 Å². The van der Waals surface area contributed by atoms with Crippen molar-refractivity contribution in [1.82, 2.24) is 9.47 Å². The fourth-order valence-corrected chi connectivity index (χ4v) is 3.66. The van der Waals surface area contributed by atoms with Gasteiger partial charge in [0.1, 0.15) is 5.75 Å². The fourth-order valence-electron chi connectivity index (χ4n) is 3.10. The molecule has 2 aromatic rings. The molecule has 1 aromatic carbocycles. The first-order valence-corrected chi connectivity index (χ1v) is 8.58. The van der Waals surface area contributed by atoms with Crippen molar-refractivity contribution in [3.8, 4) is 5.75 Å². The second-order valence-corrected chi connectivity index (χ2v) is 6.62. The number of piperidine rings is 1. The molecule has 0 amide bonds. The summed E-state index contributed by atoms with van der Waals surface area (Å²) < 4.78 is 8.15. The van der Waals surface area contributed by atoms with Crippen LogP contribution in [0.2, 0.25) is 0 Å². The highest BCUT2D eigenvalue weighted by molar-refractivity contribution is 9.10. The molecule has 5 heteroatoms. The van der Waals surface area contributed by atoms with Crippen LogP contribution in [0.3, 0.4) is 0 Å². The van der Waals surface area contributed by atoms with Crippen LogP contribution in [0.1, 0.15) is 19.3 Å². The van der Waals surface area contributed by atoms with Crippen LogP contribution in [0.4, 0.5) is 0 Å². The molecule has 2 heterocycles. The number of halogens is 1. The van der Waals surface area contributed by atoms with Crippen LogP contribution < -0.4 is 10.3 Å². The van der Waals surface area contributed by atoms with Crippen molar-refractivity contribution in [3.05, 3.63) is 39.1 Å². The maximum atomic E-state index is 12.3. The highest BCUT2D eigenvalue weighted by Gasteiger charge is 2.12. The topological polar surface area (TPSA) is 34.5 Å². The lowest BCUT2D eigenvalue weighted by Crippen LogP contribution is -2.34. The lowest BCUT2D eigenvalue weighted by atomic mass is 10.1. The summed E-state index contributed by atoms with van der Waals surface area (Å²) in [6.07, 6.45) is 3.86. The summed E-state index contributed by atoms with van der Waals surface area (Å²) in [6.45, 7) is 3.93. The van der Waals surface area contributed by atoms with Gasteiger partial charge in [-0.05, 0) is 54.0 Å². The lowest BCUT2D eigenvalue weighted by molar-refractivity contribution is 0.221. The minimum absolute atomic E-state index is 0.0460. The number of pyridine rings is 1. The Morgan fingerprint density at radius 2 is 1.91 bits per heavy atom. The Morgan fingerprint density at radius 3 is 2.64 bits per heavy atom. The minimum Gasteiger partial charge on any atom is -0.497 e. The van der Waals surface area contributed by atoms with Crippen molar-refractivity contribution in [2.75, 3.05) is 26.7 Å². The molecule has 0 aliphatic carbocycles. The van der Waals surface area contributed by atoms with E-state index in [0.717, 1.165) is 47.3 Å². The molecule has 118 valence electrons. The highest BCUT2D eigenvalue weighted by Crippen LogP contribution is 2.28. The number of methoxy groups -OCH3 is 1. The molecule has 0 atom stereocenters. The molecule has 0 saturated carbocycles. The van der Waals surface area contributed by atoms with Gasteiger partial charge in [0.05, 0.1) is 12.6 Å². The number of ether oxygens (including phenoxy) is 1. The summed E-state index contributed by atoms with van der Waals surface area (Å²) in [6, 6.07) is 7.40. The Bertz CT molecular complexity index is 720. The van der Waals surface area contributed by atoms with E-state index in [0.29, 0.717) is 0 Å². The number of hydrogen-bond donors (Lipinski definition) is 0. The zero-order valence-corrected chi connectivity index (χ0v) is 14.4. The minimum atomic E-state index is 0.0460. The number of fused-ring (bicyclic) bond motifs is 1. The van der Waals surface area contributed by atoms with Crippen LogP contribution >= 0.6 is 15.9 Å². The third-order valence-electron chi connectivity index (χ3n) is 4.35. The van der Waals surface area contributed by atoms with Crippen LogP contribution in [0.5, 0.6) is 5.75 Å². The maximum Gasteiger partial charge on any atom is 0.251 e. The smallest absolute Gasteiger partial charge is 0.251 e. The molecular weight excluding hydrogens is 344 g/mol. The average Bonchev–Trinajstić information content (AvgIpc) is 2.54. The Labute approximate surface area is 138 Å². The summed E-state index contributed by atoms with van der Waals surface area (Å²) in [5.41, 5.74) is 0.973. The van der Waals surface area contributed by atoms with Crippen LogP contribution in [-0.2, 0) is 6.54 Å². The number of benzene rings is 1. The van der Waals surface area contributed by atoms with Gasteiger partial charge < -0.3 is 14.2 Å². The van der Waals surface area contributed by atoms with E-state index in [-0.39, 0.29) is 5.56 Å². The number of rotatable bonds is 4. The van der Waals surface area contributed by atoms with Crippen molar-refractivity contribution >= 4 is 26.8 Å². The molecule has 1 aromatic heterocycles. The normalized spacial score (nSPS) is 16.1. The predicted octanol–water partition coefficient (Wildman–Crippen LogP) is 3.26. The van der Waals surface area contributed by atoms with E-state index in [1.807, 2.05) is 22.8 Å². The molecule has 1 aliphatic heterocycles. The SMILES string of the molecule is COc1cc(Br)c2ccc(=O)n(CCN3CCCCC3)c2c1. The van der Waals surface area contributed by atoms with Gasteiger partial charge >= 0.3 is 0 Å². The average molecular weight is 365 g/mol. The quantitative estimate of drug-likeness (QED) is 0.834. The monoisotopic (exact) mass is 364 g/mol. The Balaban J connectivity index is 1.94. The molecule has 0 bridgehead atoms. The van der Waals surface area contributed by atoms with Crippen LogP contribution in [0, 0.1) is 0 Å². The molecule has 0 radical (unpaired) electrons. The van der Waals surface area contributed by atoms with Gasteiger partial charge in [-0.1, -0.05) is 6.42 Å². The molecule has 22 heavy (non-hydrogen) atoms. The second-order valence-electron chi connectivity index (χ2n) is 5.77. The van der Waals surface area contributed by atoms with Gasteiger partial charge in [0, 0.05) is 35.1 Å². The standard InChI is InChI=1S/C17H21BrN2O2/c1-22-13-11-15(18)14-5-6-17(21)20(16(14)12-13)10-9-19-7-3-2-4-8-19/h5-6,11-12H,2-4,7-10H2,1H3. The number of aromatic nitrogens is 1. The first-order chi connectivity index (χ1) is 10.7. The first kappa shape index (κ1) is 15.6. The molecule has 4 nitrogen and oxygen atoms in total. The van der Waals surface area contributed by atoms with Crippen molar-refractivity contribution in [1.29, 1.82) is 0 Å². The zero-order valence-electron chi connectivity index (χ0n) is 12.8. The van der Waals surface area contributed by atoms with Crippen molar-refractivity contribution in [2.45, 2.75) is 25.8 Å². The summed E-state index contributed by atoms with van der Waals surface area (Å²) in [7, 11) is 1.65. The largest absolute Gasteiger partial charge is 0.497 e. The van der Waals surface area contributed by atoms with E-state index >= 15 is 0 Å². The molecule has 1 aliphatic rings.